The third-order valence-electron chi connectivity index (χ3n) is 7.91. The van der Waals surface area contributed by atoms with E-state index in [-0.39, 0.29) is 43.0 Å². The summed E-state index contributed by atoms with van der Waals surface area (Å²) < 4.78 is 11.0. The van der Waals surface area contributed by atoms with Crippen LogP contribution in [-0.4, -0.2) is 71.3 Å². The maximum atomic E-state index is 13.5. The monoisotopic (exact) mass is 547 g/mol. The predicted octanol–water partition coefficient (Wildman–Crippen LogP) is 2.64. The van der Waals surface area contributed by atoms with Gasteiger partial charge in [-0.25, -0.2) is 0 Å². The van der Waals surface area contributed by atoms with E-state index in [2.05, 4.69) is 10.3 Å². The first kappa shape index (κ1) is 27.6. The highest BCUT2D eigenvalue weighted by Gasteiger charge is 2.41. The molecule has 2 fully saturated rings. The maximum absolute atomic E-state index is 13.5. The molecule has 1 aromatic carbocycles. The van der Waals surface area contributed by atoms with E-state index in [0.29, 0.717) is 24.3 Å². The van der Waals surface area contributed by atoms with Crippen molar-refractivity contribution in [3.63, 3.8) is 0 Å². The van der Waals surface area contributed by atoms with E-state index in [9.17, 15) is 14.4 Å². The maximum Gasteiger partial charge on any atom is 0.243 e. The number of furan rings is 1. The summed E-state index contributed by atoms with van der Waals surface area (Å²) in [5, 5.41) is 3.86. The van der Waals surface area contributed by atoms with Crippen molar-refractivity contribution in [3.05, 3.63) is 60.1 Å². The molecule has 2 aliphatic rings. The van der Waals surface area contributed by atoms with Gasteiger partial charge in [0.15, 0.2) is 5.58 Å². The first-order chi connectivity index (χ1) is 19.4. The third-order valence-corrected chi connectivity index (χ3v) is 7.91. The minimum absolute atomic E-state index is 0.0369. The van der Waals surface area contributed by atoms with E-state index < -0.39 is 12.1 Å². The molecule has 40 heavy (non-hydrogen) atoms. The molecule has 0 aliphatic carbocycles. The standard InChI is InChI=1S/C30H37N5O5/c1-39-23-6-4-20(5-7-23)14-21-15-26(29(37)33-17-24-16-22-10-11-32-18-27(22)40-24)35(19-21)30(38)25(31)8-9-28(36)34-12-2-3-13-34/h4-7,10-11,16,18,21,25-26H,2-3,8-9,12-15,17,19,31H2,1H3,(H,33,37)/t21-,25-,26+/m1/s1. The summed E-state index contributed by atoms with van der Waals surface area (Å²) in [5.41, 5.74) is 8.07. The van der Waals surface area contributed by atoms with Gasteiger partial charge in [-0.1, -0.05) is 12.1 Å². The second-order valence-corrected chi connectivity index (χ2v) is 10.7. The van der Waals surface area contributed by atoms with Gasteiger partial charge in [0.1, 0.15) is 17.6 Å². The Kier molecular flexibility index (Phi) is 8.64. The molecular weight excluding hydrogens is 510 g/mol. The van der Waals surface area contributed by atoms with E-state index in [1.165, 1.54) is 0 Å². The molecule has 0 radical (unpaired) electrons. The number of benzene rings is 1. The van der Waals surface area contributed by atoms with E-state index in [1.54, 1.807) is 24.4 Å². The van der Waals surface area contributed by atoms with Crippen molar-refractivity contribution < 1.29 is 23.5 Å². The molecule has 0 spiro atoms. The molecule has 3 aromatic rings. The van der Waals surface area contributed by atoms with Gasteiger partial charge < -0.3 is 30.0 Å². The van der Waals surface area contributed by atoms with Crippen LogP contribution in [-0.2, 0) is 27.3 Å². The topological polar surface area (TPSA) is 131 Å². The lowest BCUT2D eigenvalue weighted by Crippen LogP contribution is -2.51. The summed E-state index contributed by atoms with van der Waals surface area (Å²) in [7, 11) is 1.63. The van der Waals surface area contributed by atoms with Gasteiger partial charge in [0.25, 0.3) is 0 Å². The van der Waals surface area contributed by atoms with Crippen LogP contribution in [0.2, 0.25) is 0 Å². The summed E-state index contributed by atoms with van der Waals surface area (Å²) in [6, 6.07) is 10.1. The average Bonchev–Trinajstić information content (AvgIpc) is 3.74. The fourth-order valence-electron chi connectivity index (χ4n) is 5.72. The number of rotatable bonds is 10. The number of pyridine rings is 1. The lowest BCUT2D eigenvalue weighted by Gasteiger charge is -2.27. The highest BCUT2D eigenvalue weighted by Crippen LogP contribution is 2.29. The minimum atomic E-state index is -0.843. The van der Waals surface area contributed by atoms with Crippen LogP contribution in [0.3, 0.4) is 0 Å². The molecule has 2 aromatic heterocycles. The molecule has 10 nitrogen and oxygen atoms in total. The van der Waals surface area contributed by atoms with Crippen LogP contribution in [0.25, 0.3) is 11.0 Å². The number of carbonyl (C=O) groups excluding carboxylic acids is 3. The van der Waals surface area contributed by atoms with E-state index in [0.717, 1.165) is 49.1 Å². The van der Waals surface area contributed by atoms with Crippen LogP contribution in [0.15, 0.2) is 53.2 Å². The largest absolute Gasteiger partial charge is 0.497 e. The van der Waals surface area contributed by atoms with Crippen molar-refractivity contribution >= 4 is 28.7 Å². The number of likely N-dealkylation sites (tertiary alicyclic amines) is 2. The van der Waals surface area contributed by atoms with Crippen LogP contribution in [0.5, 0.6) is 5.75 Å². The summed E-state index contributed by atoms with van der Waals surface area (Å²) in [6.45, 7) is 2.16. The summed E-state index contributed by atoms with van der Waals surface area (Å²) >= 11 is 0. The van der Waals surface area contributed by atoms with Crippen molar-refractivity contribution in [2.45, 2.75) is 57.2 Å². The number of amides is 3. The highest BCUT2D eigenvalue weighted by atomic mass is 16.5. The van der Waals surface area contributed by atoms with Crippen LogP contribution >= 0.6 is 0 Å². The molecule has 0 bridgehead atoms. The SMILES string of the molecule is COc1ccc(C[C@@H]2C[C@@H](C(=O)NCc3cc4ccncc4o3)N(C(=O)[C@H](N)CCC(=O)N3CCCC3)C2)cc1. The first-order valence-electron chi connectivity index (χ1n) is 14.0. The van der Waals surface area contributed by atoms with Gasteiger partial charge in [0.05, 0.1) is 25.9 Å². The zero-order chi connectivity index (χ0) is 28.1. The van der Waals surface area contributed by atoms with Gasteiger partial charge in [-0.3, -0.25) is 19.4 Å². The molecule has 3 amide bonds. The third kappa shape index (κ3) is 6.44. The molecule has 2 aliphatic heterocycles. The summed E-state index contributed by atoms with van der Waals surface area (Å²) in [5.74, 6) is 0.976. The zero-order valence-electron chi connectivity index (χ0n) is 22.9. The molecule has 2 saturated heterocycles. The highest BCUT2D eigenvalue weighted by molar-refractivity contribution is 5.90. The molecule has 5 rings (SSSR count). The van der Waals surface area contributed by atoms with Crippen molar-refractivity contribution in [1.29, 1.82) is 0 Å². The van der Waals surface area contributed by atoms with Crippen molar-refractivity contribution in [3.8, 4) is 5.75 Å². The number of carbonyl (C=O) groups is 3. The summed E-state index contributed by atoms with van der Waals surface area (Å²) in [4.78, 5) is 47.0. The van der Waals surface area contributed by atoms with E-state index in [4.69, 9.17) is 14.9 Å². The van der Waals surface area contributed by atoms with Gasteiger partial charge in [0.2, 0.25) is 17.7 Å². The van der Waals surface area contributed by atoms with Crippen molar-refractivity contribution in [2.75, 3.05) is 26.7 Å². The van der Waals surface area contributed by atoms with E-state index >= 15 is 0 Å². The first-order valence-corrected chi connectivity index (χ1v) is 14.0. The lowest BCUT2D eigenvalue weighted by molar-refractivity contribution is -0.140. The van der Waals surface area contributed by atoms with Gasteiger partial charge in [-0.15, -0.1) is 0 Å². The number of aromatic nitrogens is 1. The Bertz CT molecular complexity index is 1300. The molecule has 0 saturated carbocycles. The van der Waals surface area contributed by atoms with Gasteiger partial charge in [-0.2, -0.15) is 0 Å². The number of ether oxygens (including phenoxy) is 1. The Balaban J connectivity index is 1.24. The fourth-order valence-corrected chi connectivity index (χ4v) is 5.72. The summed E-state index contributed by atoms with van der Waals surface area (Å²) in [6.07, 6.45) is 7.08. The van der Waals surface area contributed by atoms with E-state index in [1.807, 2.05) is 41.3 Å². The number of methoxy groups -OCH3 is 1. The molecule has 0 unspecified atom stereocenters. The lowest BCUT2D eigenvalue weighted by atomic mass is 9.96. The number of nitrogens with zero attached hydrogens (tertiary/aromatic N) is 3. The molecule has 4 heterocycles. The fraction of sp³-hybridized carbons (Fsp3) is 0.467. The number of fused-ring (bicyclic) bond motifs is 1. The molecule has 3 N–H and O–H groups in total. The Morgan fingerprint density at radius 2 is 1.95 bits per heavy atom. The molecule has 3 atom stereocenters. The number of nitrogens with one attached hydrogen (secondary N) is 1. The second kappa shape index (κ2) is 12.5. The second-order valence-electron chi connectivity index (χ2n) is 10.7. The van der Waals surface area contributed by atoms with Crippen molar-refractivity contribution in [2.24, 2.45) is 11.7 Å². The number of hydrogen-bond acceptors (Lipinski definition) is 7. The molecule has 212 valence electrons. The predicted molar refractivity (Wildman–Crippen MR) is 149 cm³/mol. The van der Waals surface area contributed by atoms with Gasteiger partial charge in [0, 0.05) is 37.6 Å². The minimum Gasteiger partial charge on any atom is -0.497 e. The number of nitrogens with two attached hydrogens (primary N) is 1. The average molecular weight is 548 g/mol. The zero-order valence-corrected chi connectivity index (χ0v) is 22.9. The Morgan fingerprint density at radius 3 is 2.67 bits per heavy atom. The van der Waals surface area contributed by atoms with Crippen LogP contribution < -0.4 is 15.8 Å². The number of hydrogen-bond donors (Lipinski definition) is 2. The van der Waals surface area contributed by atoms with Gasteiger partial charge in [-0.05, 0) is 67.9 Å². The van der Waals surface area contributed by atoms with Crippen LogP contribution in [0.1, 0.15) is 43.4 Å². The van der Waals surface area contributed by atoms with Crippen molar-refractivity contribution in [1.82, 2.24) is 20.1 Å². The van der Waals surface area contributed by atoms with Gasteiger partial charge >= 0.3 is 0 Å². The van der Waals surface area contributed by atoms with Crippen LogP contribution in [0.4, 0.5) is 0 Å². The smallest absolute Gasteiger partial charge is 0.243 e. The molecular formula is C30H37N5O5. The Hall–Kier alpha value is -3.92. The normalized spacial score (nSPS) is 19.6. The molecule has 10 heteroatoms. The van der Waals surface area contributed by atoms with Crippen LogP contribution in [0, 0.1) is 5.92 Å². The Morgan fingerprint density at radius 1 is 1.18 bits per heavy atom. The quantitative estimate of drug-likeness (QED) is 0.399. The Labute approximate surface area is 233 Å².